The van der Waals surface area contributed by atoms with E-state index in [0.717, 1.165) is 46.9 Å². The Bertz CT molecular complexity index is 1680. The molecule has 4 atom stereocenters. The lowest BCUT2D eigenvalue weighted by molar-refractivity contribution is -0.127. The molecule has 2 fully saturated rings. The summed E-state index contributed by atoms with van der Waals surface area (Å²) in [6, 6.07) is 12.6. The summed E-state index contributed by atoms with van der Waals surface area (Å²) >= 11 is 14.4. The lowest BCUT2D eigenvalue weighted by Crippen LogP contribution is -2.52. The van der Waals surface area contributed by atoms with E-state index >= 15 is 0 Å². The first-order valence-electron chi connectivity index (χ1n) is 13.0. The van der Waals surface area contributed by atoms with Crippen molar-refractivity contribution in [2.75, 3.05) is 11.9 Å². The molecular formula is C29H26Cl2N4O3S. The number of carbonyl (C=O) groups is 2. The minimum absolute atomic E-state index is 0.0432. The first-order valence-corrected chi connectivity index (χ1v) is 14.7. The van der Waals surface area contributed by atoms with Crippen LogP contribution in [0.25, 0.3) is 11.0 Å². The molecule has 10 heteroatoms. The van der Waals surface area contributed by atoms with Crippen LogP contribution in [0.15, 0.2) is 47.8 Å². The third-order valence-corrected chi connectivity index (χ3v) is 10.4. The summed E-state index contributed by atoms with van der Waals surface area (Å²) < 4.78 is 2.05. The number of nitrogens with one attached hydrogen (secondary N) is 1. The minimum Gasteiger partial charge on any atom is -0.478 e. The number of amides is 1. The molecule has 1 saturated heterocycles. The number of imidazole rings is 1. The van der Waals surface area contributed by atoms with Gasteiger partial charge in [-0.1, -0.05) is 29.3 Å². The van der Waals surface area contributed by atoms with Gasteiger partial charge in [-0.05, 0) is 62.1 Å². The third-order valence-electron chi connectivity index (χ3n) is 8.77. The van der Waals surface area contributed by atoms with Crippen LogP contribution in [-0.2, 0) is 17.4 Å². The summed E-state index contributed by atoms with van der Waals surface area (Å²) in [5.74, 6) is -0.133. The van der Waals surface area contributed by atoms with Crippen LogP contribution in [-0.4, -0.2) is 44.0 Å². The van der Waals surface area contributed by atoms with Crippen LogP contribution in [0.3, 0.4) is 0 Å². The number of hydrogen-bond acceptors (Lipinski definition) is 5. The molecule has 4 aromatic rings. The van der Waals surface area contributed by atoms with Crippen molar-refractivity contribution in [3.63, 3.8) is 0 Å². The zero-order valence-electron chi connectivity index (χ0n) is 21.3. The summed E-state index contributed by atoms with van der Waals surface area (Å²) in [4.78, 5) is 34.5. The van der Waals surface area contributed by atoms with Crippen molar-refractivity contribution in [1.29, 1.82) is 0 Å². The van der Waals surface area contributed by atoms with Crippen molar-refractivity contribution < 1.29 is 14.7 Å². The normalized spacial score (nSPS) is 26.5. The Morgan fingerprint density at radius 3 is 2.67 bits per heavy atom. The Morgan fingerprint density at radius 2 is 1.97 bits per heavy atom. The topological polar surface area (TPSA) is 87.5 Å². The molecule has 39 heavy (non-hydrogen) atoms. The van der Waals surface area contributed by atoms with E-state index in [1.165, 1.54) is 0 Å². The number of hydrogen-bond donors (Lipinski definition) is 2. The fourth-order valence-electron chi connectivity index (χ4n) is 6.90. The number of rotatable bonds is 5. The van der Waals surface area contributed by atoms with Gasteiger partial charge in [0.05, 0.1) is 21.6 Å². The van der Waals surface area contributed by atoms with Gasteiger partial charge in [-0.3, -0.25) is 9.69 Å². The minimum atomic E-state index is -0.989. The number of thiophene rings is 1. The SMILES string of the molecule is C[C@H]1[C@@H](c2nc3cc(C(=O)O)ccc3n2C)[C@H](c2cc(Cl)cs2)[C@]2(C(=O)Nc3cc(Cl)ccc32)N1CC1CC1. The molecule has 1 aliphatic carbocycles. The smallest absolute Gasteiger partial charge is 0.335 e. The van der Waals surface area contributed by atoms with E-state index < -0.39 is 11.5 Å². The van der Waals surface area contributed by atoms with Gasteiger partial charge in [-0.2, -0.15) is 0 Å². The predicted molar refractivity (Wildman–Crippen MR) is 153 cm³/mol. The number of aryl methyl sites for hydroxylation is 1. The molecule has 4 heterocycles. The van der Waals surface area contributed by atoms with Crippen LogP contribution in [0.1, 0.15) is 58.2 Å². The van der Waals surface area contributed by atoms with Crippen LogP contribution in [0.4, 0.5) is 5.69 Å². The zero-order chi connectivity index (χ0) is 27.2. The van der Waals surface area contributed by atoms with Crippen molar-refractivity contribution in [3.8, 4) is 0 Å². The standard InChI is InChI=1S/C29H26Cl2N4O3S/c1-14-24(26-32-21-9-16(27(36)37)5-8-22(21)34(26)2)25(23-11-18(31)13-39-23)29(35(14)12-15-3-4-15)19-7-6-17(30)10-20(19)33-28(29)38/h5-11,13-15,24-25H,3-4,12H2,1-2H3,(H,33,38)(H,36,37)/t14-,24+,25-,29+/m0/s1. The molecular weight excluding hydrogens is 555 g/mol. The summed E-state index contributed by atoms with van der Waals surface area (Å²) in [7, 11) is 1.97. The highest BCUT2D eigenvalue weighted by atomic mass is 35.5. The lowest BCUT2D eigenvalue weighted by Gasteiger charge is -2.39. The van der Waals surface area contributed by atoms with Crippen LogP contribution < -0.4 is 5.32 Å². The molecule has 1 spiro atoms. The number of carboxylic acids is 1. The second kappa shape index (κ2) is 8.80. The van der Waals surface area contributed by atoms with Crippen LogP contribution in [0, 0.1) is 5.92 Å². The number of likely N-dealkylation sites (tertiary alicyclic amines) is 1. The Labute approximate surface area is 239 Å². The summed E-state index contributed by atoms with van der Waals surface area (Å²) in [6.45, 7) is 2.99. The second-order valence-electron chi connectivity index (χ2n) is 11.0. The van der Waals surface area contributed by atoms with Gasteiger partial charge in [-0.25, -0.2) is 9.78 Å². The van der Waals surface area contributed by atoms with E-state index in [4.69, 9.17) is 28.2 Å². The molecule has 7 rings (SSSR count). The predicted octanol–water partition coefficient (Wildman–Crippen LogP) is 6.47. The van der Waals surface area contributed by atoms with Gasteiger partial charge < -0.3 is 15.0 Å². The van der Waals surface area contributed by atoms with E-state index in [-0.39, 0.29) is 29.3 Å². The van der Waals surface area contributed by atoms with Crippen molar-refractivity contribution in [2.24, 2.45) is 13.0 Å². The summed E-state index contributed by atoms with van der Waals surface area (Å²) in [6.07, 6.45) is 2.30. The van der Waals surface area contributed by atoms with E-state index in [0.29, 0.717) is 21.5 Å². The first-order chi connectivity index (χ1) is 18.7. The fraction of sp³-hybridized carbons (Fsp3) is 0.345. The van der Waals surface area contributed by atoms with Gasteiger partial charge in [-0.15, -0.1) is 11.3 Å². The maximum Gasteiger partial charge on any atom is 0.335 e. The molecule has 7 nitrogen and oxygen atoms in total. The van der Waals surface area contributed by atoms with E-state index in [9.17, 15) is 14.7 Å². The molecule has 2 aromatic heterocycles. The fourth-order valence-corrected chi connectivity index (χ4v) is 8.36. The highest BCUT2D eigenvalue weighted by Crippen LogP contribution is 2.63. The number of anilines is 1. The monoisotopic (exact) mass is 580 g/mol. The van der Waals surface area contributed by atoms with Gasteiger partial charge in [0.1, 0.15) is 11.4 Å². The van der Waals surface area contributed by atoms with Crippen LogP contribution >= 0.6 is 34.5 Å². The zero-order valence-corrected chi connectivity index (χ0v) is 23.6. The Morgan fingerprint density at radius 1 is 1.18 bits per heavy atom. The summed E-state index contributed by atoms with van der Waals surface area (Å²) in [5, 5.41) is 15.9. The molecule has 2 aromatic carbocycles. The Balaban J connectivity index is 1.50. The maximum absolute atomic E-state index is 14.4. The molecule has 0 radical (unpaired) electrons. The van der Waals surface area contributed by atoms with Gasteiger partial charge in [0.15, 0.2) is 0 Å². The third kappa shape index (κ3) is 3.62. The second-order valence-corrected chi connectivity index (χ2v) is 12.8. The quantitative estimate of drug-likeness (QED) is 0.282. The number of aromatic nitrogens is 2. The molecule has 2 N–H and O–H groups in total. The van der Waals surface area contributed by atoms with E-state index in [1.54, 1.807) is 23.5 Å². The molecule has 2 aliphatic heterocycles. The molecule has 200 valence electrons. The average Bonchev–Trinajstić information content (AvgIpc) is 3.32. The number of fused-ring (bicyclic) bond motifs is 3. The van der Waals surface area contributed by atoms with E-state index in [2.05, 4.69) is 17.1 Å². The Hall–Kier alpha value is -2.91. The first kappa shape index (κ1) is 25.1. The molecule has 0 bridgehead atoms. The Kier molecular flexibility index (Phi) is 5.66. The van der Waals surface area contributed by atoms with Crippen molar-refractivity contribution in [2.45, 2.75) is 43.2 Å². The highest BCUT2D eigenvalue weighted by Gasteiger charge is 2.67. The van der Waals surface area contributed by atoms with Crippen molar-refractivity contribution in [3.05, 3.63) is 79.7 Å². The van der Waals surface area contributed by atoms with E-state index in [1.807, 2.05) is 47.3 Å². The van der Waals surface area contributed by atoms with Crippen LogP contribution in [0.2, 0.25) is 10.0 Å². The van der Waals surface area contributed by atoms with Gasteiger partial charge in [0.25, 0.3) is 0 Å². The lowest BCUT2D eigenvalue weighted by atomic mass is 9.73. The number of halogens is 2. The average molecular weight is 582 g/mol. The number of carbonyl (C=O) groups excluding carboxylic acids is 1. The van der Waals surface area contributed by atoms with Gasteiger partial charge in [0, 0.05) is 58.0 Å². The summed E-state index contributed by atoms with van der Waals surface area (Å²) in [5.41, 5.74) is 2.37. The van der Waals surface area contributed by atoms with Crippen molar-refractivity contribution in [1.82, 2.24) is 14.5 Å². The molecule has 1 amide bonds. The molecule has 3 aliphatic rings. The van der Waals surface area contributed by atoms with Crippen molar-refractivity contribution >= 4 is 63.1 Å². The van der Waals surface area contributed by atoms with Gasteiger partial charge >= 0.3 is 5.97 Å². The number of benzene rings is 2. The number of aromatic carboxylic acids is 1. The van der Waals surface area contributed by atoms with Gasteiger partial charge in [0.2, 0.25) is 5.91 Å². The largest absolute Gasteiger partial charge is 0.478 e. The number of carboxylic acid groups (broad SMARTS) is 1. The van der Waals surface area contributed by atoms with Crippen LogP contribution in [0.5, 0.6) is 0 Å². The maximum atomic E-state index is 14.4. The molecule has 0 unspecified atom stereocenters. The molecule has 1 saturated carbocycles. The number of nitrogens with zero attached hydrogens (tertiary/aromatic N) is 3. The highest BCUT2D eigenvalue weighted by molar-refractivity contribution is 7.10.